The summed E-state index contributed by atoms with van der Waals surface area (Å²) < 4.78 is 0. The third kappa shape index (κ3) is 3.85. The fourth-order valence-corrected chi connectivity index (χ4v) is 1.86. The van der Waals surface area contributed by atoms with Crippen molar-refractivity contribution in [2.75, 3.05) is 0 Å². The molecule has 0 heterocycles. The summed E-state index contributed by atoms with van der Waals surface area (Å²) in [5.41, 5.74) is 3.88. The third-order valence-electron chi connectivity index (χ3n) is 2.87. The largest absolute Gasteiger partial charge is 0.240 e. The Morgan fingerprint density at radius 1 is 0.750 bits per heavy atom. The van der Waals surface area contributed by atoms with Crippen molar-refractivity contribution in [1.29, 1.82) is 0 Å². The van der Waals surface area contributed by atoms with Gasteiger partial charge in [-0.05, 0) is 35.2 Å². The van der Waals surface area contributed by atoms with Gasteiger partial charge in [0.25, 0.3) is 0 Å². The van der Waals surface area contributed by atoms with Gasteiger partial charge in [-0.2, -0.15) is 4.99 Å². The lowest BCUT2D eigenvalue weighted by Crippen LogP contribution is -1.89. The molecule has 20 heavy (non-hydrogen) atoms. The van der Waals surface area contributed by atoms with Gasteiger partial charge in [0.15, 0.2) is 0 Å². The SMILES string of the molecule is O=C=NCc1ccc(Cc2ccc(N=C=O)cc2)cc1. The number of isocyanates is 2. The van der Waals surface area contributed by atoms with E-state index in [9.17, 15) is 9.59 Å². The number of rotatable bonds is 5. The highest BCUT2D eigenvalue weighted by Crippen LogP contribution is 2.16. The van der Waals surface area contributed by atoms with Crippen LogP contribution in [0.1, 0.15) is 16.7 Å². The van der Waals surface area contributed by atoms with Gasteiger partial charge in [0.1, 0.15) is 0 Å². The Bertz CT molecular complexity index is 663. The Kier molecular flexibility index (Phi) is 4.74. The number of carbonyl (C=O) groups excluding carboxylic acids is 2. The van der Waals surface area contributed by atoms with Crippen LogP contribution in [0.25, 0.3) is 0 Å². The lowest BCUT2D eigenvalue weighted by molar-refractivity contribution is 0.562. The molecule has 0 aliphatic heterocycles. The summed E-state index contributed by atoms with van der Waals surface area (Å²) in [7, 11) is 0. The first-order valence-electron chi connectivity index (χ1n) is 6.10. The van der Waals surface area contributed by atoms with Crippen LogP contribution in [-0.4, -0.2) is 12.2 Å². The minimum absolute atomic E-state index is 0.363. The number of aliphatic imine (C=N–C) groups is 2. The summed E-state index contributed by atoms with van der Waals surface area (Å²) in [5.74, 6) is 0. The molecule has 4 nitrogen and oxygen atoms in total. The summed E-state index contributed by atoms with van der Waals surface area (Å²) in [6, 6.07) is 15.3. The Labute approximate surface area is 116 Å². The first-order chi connectivity index (χ1) is 9.81. The van der Waals surface area contributed by atoms with Crippen molar-refractivity contribution in [2.24, 2.45) is 9.98 Å². The number of benzene rings is 2. The van der Waals surface area contributed by atoms with Crippen LogP contribution < -0.4 is 0 Å². The number of hydrogen-bond donors (Lipinski definition) is 0. The van der Waals surface area contributed by atoms with Gasteiger partial charge in [0.2, 0.25) is 12.2 Å². The molecule has 98 valence electrons. The highest BCUT2D eigenvalue weighted by Gasteiger charge is 1.98. The van der Waals surface area contributed by atoms with E-state index in [2.05, 4.69) is 9.98 Å². The standard InChI is InChI=1S/C16H12N2O2/c19-11-17-10-15-3-1-13(2-4-15)9-14-5-7-16(8-6-14)18-12-20/h1-8H,9-10H2. The van der Waals surface area contributed by atoms with Crippen molar-refractivity contribution in [1.82, 2.24) is 0 Å². The van der Waals surface area contributed by atoms with E-state index in [1.165, 1.54) is 12.2 Å². The maximum absolute atomic E-state index is 10.1. The van der Waals surface area contributed by atoms with E-state index < -0.39 is 0 Å². The zero-order valence-electron chi connectivity index (χ0n) is 10.7. The molecule has 0 fully saturated rings. The van der Waals surface area contributed by atoms with Gasteiger partial charge in [-0.25, -0.2) is 14.6 Å². The minimum Gasteiger partial charge on any atom is -0.211 e. The van der Waals surface area contributed by atoms with Crippen molar-refractivity contribution in [3.63, 3.8) is 0 Å². The molecule has 0 unspecified atom stereocenters. The first-order valence-corrected chi connectivity index (χ1v) is 6.10. The highest BCUT2D eigenvalue weighted by atomic mass is 16.1. The van der Waals surface area contributed by atoms with E-state index in [1.54, 1.807) is 12.1 Å². The Hall–Kier alpha value is -2.80. The van der Waals surface area contributed by atoms with Crippen LogP contribution in [-0.2, 0) is 22.6 Å². The van der Waals surface area contributed by atoms with Crippen LogP contribution in [0.5, 0.6) is 0 Å². The average molecular weight is 264 g/mol. The molecule has 0 amide bonds. The summed E-state index contributed by atoms with van der Waals surface area (Å²) in [6.45, 7) is 0.363. The highest BCUT2D eigenvalue weighted by molar-refractivity contribution is 5.49. The predicted molar refractivity (Wildman–Crippen MR) is 75.3 cm³/mol. The van der Waals surface area contributed by atoms with Gasteiger partial charge in [-0.3, -0.25) is 0 Å². The molecule has 2 aromatic carbocycles. The minimum atomic E-state index is 0.363. The van der Waals surface area contributed by atoms with Gasteiger partial charge in [-0.1, -0.05) is 36.4 Å². The van der Waals surface area contributed by atoms with Gasteiger partial charge >= 0.3 is 0 Å². The first kappa shape index (κ1) is 13.6. The van der Waals surface area contributed by atoms with Crippen molar-refractivity contribution < 1.29 is 9.59 Å². The van der Waals surface area contributed by atoms with E-state index in [0.717, 1.165) is 23.1 Å². The monoisotopic (exact) mass is 264 g/mol. The van der Waals surface area contributed by atoms with E-state index >= 15 is 0 Å². The van der Waals surface area contributed by atoms with E-state index in [0.29, 0.717) is 12.2 Å². The lowest BCUT2D eigenvalue weighted by atomic mass is 10.0. The second-order valence-corrected chi connectivity index (χ2v) is 4.27. The lowest BCUT2D eigenvalue weighted by Gasteiger charge is -2.03. The van der Waals surface area contributed by atoms with Gasteiger partial charge in [0, 0.05) is 0 Å². The van der Waals surface area contributed by atoms with Gasteiger partial charge in [-0.15, -0.1) is 0 Å². The maximum Gasteiger partial charge on any atom is 0.240 e. The molecule has 0 aliphatic rings. The molecule has 0 radical (unpaired) electrons. The maximum atomic E-state index is 10.1. The van der Waals surface area contributed by atoms with Crippen molar-refractivity contribution >= 4 is 17.8 Å². The Morgan fingerprint density at radius 3 is 1.85 bits per heavy atom. The van der Waals surface area contributed by atoms with Crippen molar-refractivity contribution in [2.45, 2.75) is 13.0 Å². The van der Waals surface area contributed by atoms with Crippen LogP contribution in [0.3, 0.4) is 0 Å². The van der Waals surface area contributed by atoms with Crippen LogP contribution >= 0.6 is 0 Å². The third-order valence-corrected chi connectivity index (χ3v) is 2.87. The molecule has 0 bridgehead atoms. The fraction of sp³-hybridized carbons (Fsp3) is 0.125. The topological polar surface area (TPSA) is 58.9 Å². The van der Waals surface area contributed by atoms with E-state index in [-0.39, 0.29) is 0 Å². The summed E-state index contributed by atoms with van der Waals surface area (Å²) in [4.78, 5) is 27.3. The number of nitrogens with zero attached hydrogens (tertiary/aromatic N) is 2. The summed E-state index contributed by atoms with van der Waals surface area (Å²) in [6.07, 6.45) is 3.83. The normalized spacial score (nSPS) is 9.40. The van der Waals surface area contributed by atoms with Gasteiger partial charge in [0.05, 0.1) is 12.2 Å². The summed E-state index contributed by atoms with van der Waals surface area (Å²) >= 11 is 0. The molecule has 2 aromatic rings. The van der Waals surface area contributed by atoms with Crippen LogP contribution in [0.4, 0.5) is 5.69 Å². The van der Waals surface area contributed by atoms with E-state index in [4.69, 9.17) is 0 Å². The van der Waals surface area contributed by atoms with Crippen LogP contribution in [0, 0.1) is 0 Å². The Balaban J connectivity index is 2.05. The average Bonchev–Trinajstić information content (AvgIpc) is 2.49. The molecule has 0 atom stereocenters. The quantitative estimate of drug-likeness (QED) is 0.615. The molecular weight excluding hydrogens is 252 g/mol. The van der Waals surface area contributed by atoms with Crippen LogP contribution in [0.15, 0.2) is 58.5 Å². The molecule has 4 heteroatoms. The van der Waals surface area contributed by atoms with Crippen molar-refractivity contribution in [3.8, 4) is 0 Å². The molecule has 0 saturated heterocycles. The molecule has 0 N–H and O–H groups in total. The smallest absolute Gasteiger partial charge is 0.211 e. The molecule has 0 saturated carbocycles. The van der Waals surface area contributed by atoms with E-state index in [1.807, 2.05) is 36.4 Å². The fourth-order valence-electron chi connectivity index (χ4n) is 1.86. The molecule has 0 aliphatic carbocycles. The van der Waals surface area contributed by atoms with Gasteiger partial charge < -0.3 is 0 Å². The molecule has 0 aromatic heterocycles. The van der Waals surface area contributed by atoms with Crippen molar-refractivity contribution in [3.05, 3.63) is 65.2 Å². The molecule has 0 spiro atoms. The zero-order chi connectivity index (χ0) is 14.2. The molecule has 2 rings (SSSR count). The zero-order valence-corrected chi connectivity index (χ0v) is 10.7. The second kappa shape index (κ2) is 6.95. The molecular formula is C16H12N2O2. The van der Waals surface area contributed by atoms with Crippen LogP contribution in [0.2, 0.25) is 0 Å². The summed E-state index contributed by atoms with van der Waals surface area (Å²) in [5, 5.41) is 0. The number of hydrogen-bond acceptors (Lipinski definition) is 4. The predicted octanol–water partition coefficient (Wildman–Crippen LogP) is 3.08. The second-order valence-electron chi connectivity index (χ2n) is 4.27. The Morgan fingerprint density at radius 2 is 1.30 bits per heavy atom.